The van der Waals surface area contributed by atoms with Gasteiger partial charge in [-0.05, 0) is 101 Å². The van der Waals surface area contributed by atoms with Gasteiger partial charge in [-0.2, -0.15) is 0 Å². The molecule has 25 heavy (non-hydrogen) atoms. The summed E-state index contributed by atoms with van der Waals surface area (Å²) in [6, 6.07) is 9.17. The molecule has 0 aliphatic heterocycles. The molecule has 0 heterocycles. The van der Waals surface area contributed by atoms with E-state index in [2.05, 4.69) is 85.4 Å². The van der Waals surface area contributed by atoms with Crippen LogP contribution in [-0.2, 0) is 14.2 Å². The second-order valence-corrected chi connectivity index (χ2v) is 16.0. The van der Waals surface area contributed by atoms with Gasteiger partial charge >= 0.3 is 0 Å². The van der Waals surface area contributed by atoms with Crippen LogP contribution in [0.2, 0.25) is 19.6 Å². The zero-order valence-corrected chi connectivity index (χ0v) is 19.8. The Morgan fingerprint density at radius 3 is 1.52 bits per heavy atom. The topological polar surface area (TPSA) is 9.23 Å². The first-order chi connectivity index (χ1) is 11.5. The minimum Gasteiger partial charge on any atom is -0.356 e. The largest absolute Gasteiger partial charge is 0.356 e. The van der Waals surface area contributed by atoms with E-state index in [1.807, 2.05) is 0 Å². The molecule has 0 spiro atoms. The van der Waals surface area contributed by atoms with E-state index in [0.29, 0.717) is 0 Å². The van der Waals surface area contributed by atoms with E-state index < -0.39 is 8.32 Å². The third-order valence-corrected chi connectivity index (χ3v) is 10.9. The highest BCUT2D eigenvalue weighted by molar-refractivity contribution is 8.20. The molecule has 0 fully saturated rings. The average molecular weight is 391 g/mol. The number of hydrogen-bond acceptors (Lipinski definition) is 1. The minimum absolute atomic E-state index is 0.233. The van der Waals surface area contributed by atoms with E-state index in [1.165, 1.54) is 50.9 Å². The van der Waals surface area contributed by atoms with Gasteiger partial charge in [-0.25, -0.2) is 0 Å². The van der Waals surface area contributed by atoms with Gasteiger partial charge in [-0.15, -0.1) is 0 Å². The molecule has 4 heteroatoms. The maximum absolute atomic E-state index is 6.72. The Balaban J connectivity index is 2.71. The van der Waals surface area contributed by atoms with E-state index in [4.69, 9.17) is 3.87 Å². The summed E-state index contributed by atoms with van der Waals surface area (Å²) in [5.74, 6) is 0. The summed E-state index contributed by atoms with van der Waals surface area (Å²) in [5, 5.41) is 1.42. The minimum atomic E-state index is -1.66. The predicted octanol–water partition coefficient (Wildman–Crippen LogP) is 6.47. The fourth-order valence-corrected chi connectivity index (χ4v) is 11.8. The first-order valence-corrected chi connectivity index (χ1v) is 14.8. The molecule has 0 N–H and O–H groups in total. The van der Waals surface area contributed by atoms with Gasteiger partial charge in [0.15, 0.2) is 0 Å². The summed E-state index contributed by atoms with van der Waals surface area (Å²) in [6.07, 6.45) is 0. The van der Waals surface area contributed by atoms with E-state index in [1.54, 1.807) is 0 Å². The zero-order chi connectivity index (χ0) is 18.9. The summed E-state index contributed by atoms with van der Waals surface area (Å²) in [4.78, 5) is 1.40. The van der Waals surface area contributed by atoms with Crippen molar-refractivity contribution in [1.29, 1.82) is 0 Å². The van der Waals surface area contributed by atoms with Crippen LogP contribution < -0.4 is 5.30 Å². The predicted molar refractivity (Wildman–Crippen MR) is 118 cm³/mol. The molecule has 1 unspecified atom stereocenters. The molecule has 2 rings (SSSR count). The Morgan fingerprint density at radius 1 is 0.720 bits per heavy atom. The van der Waals surface area contributed by atoms with Crippen molar-refractivity contribution >= 4 is 31.3 Å². The molecule has 1 atom stereocenters. The summed E-state index contributed by atoms with van der Waals surface area (Å²) >= 11 is 0. The third-order valence-electron chi connectivity index (χ3n) is 3.92. The molecule has 0 radical (unpaired) electrons. The second-order valence-electron chi connectivity index (χ2n) is 8.01. The van der Waals surface area contributed by atoms with Gasteiger partial charge < -0.3 is 3.87 Å². The number of aryl methyl sites for hydroxylation is 6. The molecule has 2 aromatic carbocycles. The summed E-state index contributed by atoms with van der Waals surface area (Å²) < 4.78 is 6.72. The van der Waals surface area contributed by atoms with Crippen LogP contribution >= 0.6 is 7.36 Å². The van der Waals surface area contributed by atoms with Crippen LogP contribution in [0.4, 0.5) is 0 Å². The van der Waals surface area contributed by atoms with Gasteiger partial charge in [0.1, 0.15) is 0 Å². The van der Waals surface area contributed by atoms with Crippen LogP contribution in [0.15, 0.2) is 29.2 Å². The first kappa shape index (κ1) is 20.6. The van der Waals surface area contributed by atoms with Crippen molar-refractivity contribution in [1.82, 2.24) is 0 Å². The zero-order valence-electron chi connectivity index (χ0n) is 17.1. The second kappa shape index (κ2) is 7.88. The van der Waals surface area contributed by atoms with Crippen LogP contribution in [0.5, 0.6) is 0 Å². The quantitative estimate of drug-likeness (QED) is 0.429. The Morgan fingerprint density at radius 2 is 1.12 bits per heavy atom. The first-order valence-electron chi connectivity index (χ1n) is 8.79. The van der Waals surface area contributed by atoms with Crippen LogP contribution in [0.25, 0.3) is 0 Å². The summed E-state index contributed by atoms with van der Waals surface area (Å²) in [6.45, 7) is 20.1. The van der Waals surface area contributed by atoms with Crippen molar-refractivity contribution < 1.29 is 3.87 Å². The Kier molecular flexibility index (Phi) is 6.48. The molecular formula is C21H31OPSSi. The van der Waals surface area contributed by atoms with E-state index in [0.717, 1.165) is 0 Å². The lowest BCUT2D eigenvalue weighted by Crippen LogP contribution is -2.26. The van der Waals surface area contributed by atoms with E-state index in [-0.39, 0.29) is 10.4 Å². The van der Waals surface area contributed by atoms with Gasteiger partial charge in [-0.1, -0.05) is 35.4 Å². The van der Waals surface area contributed by atoms with Crippen molar-refractivity contribution in [2.24, 2.45) is 0 Å². The number of benzene rings is 2. The van der Waals surface area contributed by atoms with E-state index >= 15 is 0 Å². The fraction of sp³-hybridized carbons (Fsp3) is 0.429. The maximum atomic E-state index is 6.72. The highest BCUT2D eigenvalue weighted by Gasteiger charge is 2.21. The van der Waals surface area contributed by atoms with Crippen LogP contribution in [-0.4, -0.2) is 8.32 Å². The van der Waals surface area contributed by atoms with E-state index in [9.17, 15) is 0 Å². The molecule has 0 aliphatic rings. The normalized spacial score (nSPS) is 13.3. The molecule has 2 aromatic rings. The summed E-state index contributed by atoms with van der Waals surface area (Å²) in [5.41, 5.74) is 8.12. The number of rotatable bonds is 4. The monoisotopic (exact) mass is 390 g/mol. The Labute approximate surface area is 158 Å². The Hall–Kier alpha value is -0.733. The van der Waals surface area contributed by atoms with Crippen molar-refractivity contribution in [3.63, 3.8) is 0 Å². The standard InChI is InChI=1S/C21H31OPSSi/c1-14-10-16(3)20(17(4)11-14)23-24(22-25(7,8)9)21-18(5)12-15(2)13-19(21)6/h10-13H,1-9H3. The molecule has 0 saturated heterocycles. The van der Waals surface area contributed by atoms with Crippen LogP contribution in [0.3, 0.4) is 0 Å². The molecule has 0 saturated carbocycles. The lowest BCUT2D eigenvalue weighted by atomic mass is 10.1. The lowest BCUT2D eigenvalue weighted by Gasteiger charge is -2.24. The van der Waals surface area contributed by atoms with Gasteiger partial charge in [0.25, 0.3) is 0 Å². The van der Waals surface area contributed by atoms with Gasteiger partial charge in [-0.3, -0.25) is 0 Å². The highest BCUT2D eigenvalue weighted by Crippen LogP contribution is 2.30. The third kappa shape index (κ3) is 5.37. The van der Waals surface area contributed by atoms with Crippen molar-refractivity contribution in [3.8, 4) is 0 Å². The molecule has 1 nitrogen and oxygen atoms in total. The number of hydrogen-bond donors (Lipinski definition) is 0. The summed E-state index contributed by atoms with van der Waals surface area (Å²) in [7, 11) is -0.602. The van der Waals surface area contributed by atoms with Crippen molar-refractivity contribution in [2.75, 3.05) is 0 Å². The van der Waals surface area contributed by atoms with Crippen molar-refractivity contribution in [3.05, 3.63) is 57.6 Å². The van der Waals surface area contributed by atoms with Crippen LogP contribution in [0, 0.1) is 41.5 Å². The van der Waals surface area contributed by atoms with Crippen LogP contribution in [0.1, 0.15) is 33.4 Å². The fourth-order valence-electron chi connectivity index (χ4n) is 3.18. The van der Waals surface area contributed by atoms with Gasteiger partial charge in [0.05, 0.1) is 0 Å². The maximum Gasteiger partial charge on any atom is 0.202 e. The lowest BCUT2D eigenvalue weighted by molar-refractivity contribution is 0.643. The van der Waals surface area contributed by atoms with Gasteiger partial charge in [0, 0.05) is 10.2 Å². The molecule has 0 amide bonds. The Bertz CT molecular complexity index is 788. The molecule has 0 aromatic heterocycles. The average Bonchev–Trinajstić information content (AvgIpc) is 2.39. The SMILES string of the molecule is Cc1cc(C)c(P=S(O[Si](C)(C)C)c2c(C)cc(C)cc2C)c(C)c1. The molecule has 0 aliphatic carbocycles. The molecule has 0 bridgehead atoms. The van der Waals surface area contributed by atoms with Crippen molar-refractivity contribution in [2.45, 2.75) is 66.1 Å². The highest BCUT2D eigenvalue weighted by atomic mass is 32.5. The molecule has 136 valence electrons. The smallest absolute Gasteiger partial charge is 0.202 e. The van der Waals surface area contributed by atoms with Gasteiger partial charge in [0.2, 0.25) is 8.32 Å². The molecular weight excluding hydrogens is 359 g/mol.